The van der Waals surface area contributed by atoms with Crippen molar-refractivity contribution in [3.8, 4) is 0 Å². The maximum atomic E-state index is 13.5. The van der Waals surface area contributed by atoms with E-state index < -0.39 is 6.04 Å². The molecule has 2 atom stereocenters. The zero-order valence-electron chi connectivity index (χ0n) is 17.9. The summed E-state index contributed by atoms with van der Waals surface area (Å²) in [6.07, 6.45) is 1.26. The van der Waals surface area contributed by atoms with Gasteiger partial charge in [-0.3, -0.25) is 9.59 Å². The van der Waals surface area contributed by atoms with Crippen molar-refractivity contribution in [3.05, 3.63) is 70.9 Å². The van der Waals surface area contributed by atoms with Crippen LogP contribution in [0.15, 0.2) is 48.5 Å². The molecule has 0 saturated carbocycles. The molecule has 0 bridgehead atoms. The van der Waals surface area contributed by atoms with Crippen LogP contribution < -0.4 is 0 Å². The summed E-state index contributed by atoms with van der Waals surface area (Å²) in [6.45, 7) is 3.30. The third-order valence-electron chi connectivity index (χ3n) is 6.60. The number of H-pyrrole nitrogens is 1. The van der Waals surface area contributed by atoms with Gasteiger partial charge in [-0.25, -0.2) is 0 Å². The first-order chi connectivity index (χ1) is 15.1. The molecule has 2 aliphatic heterocycles. The van der Waals surface area contributed by atoms with Crippen LogP contribution in [-0.2, 0) is 20.7 Å². The predicted octanol–water partition coefficient (Wildman–Crippen LogP) is 3.20. The van der Waals surface area contributed by atoms with Crippen LogP contribution in [0.5, 0.6) is 0 Å². The lowest BCUT2D eigenvalue weighted by atomic mass is 9.85. The molecule has 31 heavy (non-hydrogen) atoms. The van der Waals surface area contributed by atoms with Crippen molar-refractivity contribution < 1.29 is 14.3 Å². The van der Waals surface area contributed by atoms with Gasteiger partial charge in [-0.05, 0) is 36.1 Å². The summed E-state index contributed by atoms with van der Waals surface area (Å²) < 4.78 is 5.14. The normalized spacial score (nSPS) is 20.8. The number of benzene rings is 2. The van der Waals surface area contributed by atoms with Gasteiger partial charge in [-0.1, -0.05) is 42.5 Å². The highest BCUT2D eigenvalue weighted by Gasteiger charge is 2.48. The average molecular weight is 418 g/mol. The smallest absolute Gasteiger partial charge is 0.246 e. The molecule has 1 aromatic heterocycles. The standard InChI is InChI=1S/C25H27N3O3/c1-16-8-3-4-9-17(16)24-23-19(18-10-5-6-11-20(18)26-23)14-21-25(30)27(12-7-13-31-2)15-22(29)28(21)24/h3-6,8-11,21,24,26H,7,12-15H2,1-2H3/t21-,24?/m0/s1. The number of nitrogens with zero attached hydrogens (tertiary/aromatic N) is 2. The zero-order chi connectivity index (χ0) is 21.5. The fraction of sp³-hybridized carbons (Fsp3) is 0.360. The van der Waals surface area contributed by atoms with Gasteiger partial charge in [0.05, 0.1) is 12.6 Å². The number of aryl methyl sites for hydroxylation is 1. The third-order valence-corrected chi connectivity index (χ3v) is 6.60. The molecule has 160 valence electrons. The monoisotopic (exact) mass is 417 g/mol. The van der Waals surface area contributed by atoms with E-state index in [1.165, 1.54) is 0 Å². The van der Waals surface area contributed by atoms with Gasteiger partial charge in [0.15, 0.2) is 0 Å². The van der Waals surface area contributed by atoms with Crippen LogP contribution in [0, 0.1) is 6.92 Å². The molecule has 0 aliphatic carbocycles. The SMILES string of the molecule is COCCCN1CC(=O)N2C(c3ccccc3C)c3[nH]c4ccccc4c3C[C@H]2C1=O. The zero-order valence-corrected chi connectivity index (χ0v) is 17.9. The van der Waals surface area contributed by atoms with Gasteiger partial charge in [0.25, 0.3) is 0 Å². The summed E-state index contributed by atoms with van der Waals surface area (Å²) >= 11 is 0. The number of hydrogen-bond acceptors (Lipinski definition) is 3. The Morgan fingerprint density at radius 2 is 1.87 bits per heavy atom. The number of para-hydroxylation sites is 1. The highest BCUT2D eigenvalue weighted by molar-refractivity contribution is 5.97. The minimum absolute atomic E-state index is 0.000393. The van der Waals surface area contributed by atoms with Crippen molar-refractivity contribution in [3.63, 3.8) is 0 Å². The number of piperazine rings is 1. The summed E-state index contributed by atoms with van der Waals surface area (Å²) in [7, 11) is 1.65. The average Bonchev–Trinajstić information content (AvgIpc) is 3.15. The van der Waals surface area contributed by atoms with Crippen LogP contribution in [0.2, 0.25) is 0 Å². The van der Waals surface area contributed by atoms with Gasteiger partial charge < -0.3 is 19.5 Å². The van der Waals surface area contributed by atoms with Gasteiger partial charge in [-0.15, -0.1) is 0 Å². The van der Waals surface area contributed by atoms with Gasteiger partial charge in [0.1, 0.15) is 6.04 Å². The molecule has 0 spiro atoms. The van der Waals surface area contributed by atoms with Crippen LogP contribution in [0.4, 0.5) is 0 Å². The summed E-state index contributed by atoms with van der Waals surface area (Å²) in [5, 5.41) is 1.13. The van der Waals surface area contributed by atoms with Crippen LogP contribution in [0.25, 0.3) is 10.9 Å². The van der Waals surface area contributed by atoms with Crippen LogP contribution in [0.1, 0.15) is 34.8 Å². The molecule has 1 N–H and O–H groups in total. The van der Waals surface area contributed by atoms with E-state index in [2.05, 4.69) is 36.2 Å². The largest absolute Gasteiger partial charge is 0.385 e. The molecule has 5 rings (SSSR count). The molecule has 1 saturated heterocycles. The number of rotatable bonds is 5. The molecule has 1 fully saturated rings. The number of hydrogen-bond donors (Lipinski definition) is 1. The molecule has 3 aromatic rings. The van der Waals surface area contributed by atoms with Crippen LogP contribution in [0.3, 0.4) is 0 Å². The van der Waals surface area contributed by atoms with E-state index in [1.54, 1.807) is 12.0 Å². The third kappa shape index (κ3) is 3.22. The highest BCUT2D eigenvalue weighted by Crippen LogP contribution is 2.43. The predicted molar refractivity (Wildman–Crippen MR) is 119 cm³/mol. The molecule has 2 aromatic carbocycles. The van der Waals surface area contributed by atoms with Gasteiger partial charge in [0.2, 0.25) is 11.8 Å². The number of carbonyl (C=O) groups is 2. The Bertz CT molecular complexity index is 1150. The lowest BCUT2D eigenvalue weighted by Crippen LogP contribution is -2.63. The first kappa shape index (κ1) is 19.8. The van der Waals surface area contributed by atoms with E-state index in [-0.39, 0.29) is 24.4 Å². The first-order valence-corrected chi connectivity index (χ1v) is 10.8. The van der Waals surface area contributed by atoms with Crippen LogP contribution in [-0.4, -0.2) is 59.4 Å². The second kappa shape index (κ2) is 7.85. The number of fused-ring (bicyclic) bond motifs is 4. The molecule has 1 unspecified atom stereocenters. The number of aromatic nitrogens is 1. The number of amides is 2. The summed E-state index contributed by atoms with van der Waals surface area (Å²) in [4.78, 5) is 34.0. The van der Waals surface area contributed by atoms with Crippen LogP contribution >= 0.6 is 0 Å². The van der Waals surface area contributed by atoms with Crippen molar-refractivity contribution >= 4 is 22.7 Å². The van der Waals surface area contributed by atoms with Crippen molar-refractivity contribution in [1.29, 1.82) is 0 Å². The Balaban J connectivity index is 1.63. The van der Waals surface area contributed by atoms with E-state index in [0.29, 0.717) is 19.6 Å². The Labute approximate surface area is 181 Å². The van der Waals surface area contributed by atoms with Crippen molar-refractivity contribution in [2.75, 3.05) is 26.8 Å². The van der Waals surface area contributed by atoms with Crippen molar-refractivity contribution in [2.45, 2.75) is 31.8 Å². The fourth-order valence-electron chi connectivity index (χ4n) is 5.13. The number of aromatic amines is 1. The summed E-state index contributed by atoms with van der Waals surface area (Å²) in [5.41, 5.74) is 5.39. The Morgan fingerprint density at radius 1 is 1.10 bits per heavy atom. The van der Waals surface area contributed by atoms with E-state index in [4.69, 9.17) is 4.74 Å². The summed E-state index contributed by atoms with van der Waals surface area (Å²) in [5.74, 6) is 0.0322. The number of nitrogens with one attached hydrogen (secondary N) is 1. The Morgan fingerprint density at radius 3 is 2.68 bits per heavy atom. The minimum atomic E-state index is -0.486. The molecule has 6 nitrogen and oxygen atoms in total. The topological polar surface area (TPSA) is 65.6 Å². The minimum Gasteiger partial charge on any atom is -0.385 e. The molecule has 2 amide bonds. The molecule has 3 heterocycles. The maximum Gasteiger partial charge on any atom is 0.246 e. The fourth-order valence-corrected chi connectivity index (χ4v) is 5.13. The Hall–Kier alpha value is -3.12. The first-order valence-electron chi connectivity index (χ1n) is 10.8. The van der Waals surface area contributed by atoms with Crippen molar-refractivity contribution in [1.82, 2.24) is 14.8 Å². The van der Waals surface area contributed by atoms with E-state index >= 15 is 0 Å². The van der Waals surface area contributed by atoms with E-state index in [1.807, 2.05) is 29.2 Å². The van der Waals surface area contributed by atoms with E-state index in [0.717, 1.165) is 39.7 Å². The lowest BCUT2D eigenvalue weighted by molar-refractivity contribution is -0.158. The molecular weight excluding hydrogens is 390 g/mol. The maximum absolute atomic E-state index is 13.5. The lowest BCUT2D eigenvalue weighted by Gasteiger charge is -2.47. The van der Waals surface area contributed by atoms with Gasteiger partial charge in [0, 0.05) is 43.3 Å². The molecular formula is C25H27N3O3. The van der Waals surface area contributed by atoms with Crippen molar-refractivity contribution in [2.24, 2.45) is 0 Å². The molecule has 0 radical (unpaired) electrons. The molecule has 2 aliphatic rings. The number of ether oxygens (including phenoxy) is 1. The van der Waals surface area contributed by atoms with Gasteiger partial charge >= 0.3 is 0 Å². The highest BCUT2D eigenvalue weighted by atomic mass is 16.5. The number of carbonyl (C=O) groups excluding carboxylic acids is 2. The molecule has 6 heteroatoms. The van der Waals surface area contributed by atoms with Gasteiger partial charge in [-0.2, -0.15) is 0 Å². The summed E-state index contributed by atoms with van der Waals surface area (Å²) in [6, 6.07) is 15.6. The quantitative estimate of drug-likeness (QED) is 0.649. The second-order valence-electron chi connectivity index (χ2n) is 8.45. The number of methoxy groups -OCH3 is 1. The second-order valence-corrected chi connectivity index (χ2v) is 8.45. The Kier molecular flexibility index (Phi) is 5.02. The van der Waals surface area contributed by atoms with E-state index in [9.17, 15) is 9.59 Å².